The molecule has 1 saturated heterocycles. The van der Waals surface area contributed by atoms with Gasteiger partial charge in [0, 0.05) is 30.1 Å². The first kappa shape index (κ1) is 18.3. The maximum atomic E-state index is 12.5. The van der Waals surface area contributed by atoms with Gasteiger partial charge in [-0.2, -0.15) is 0 Å². The molecule has 0 bridgehead atoms. The van der Waals surface area contributed by atoms with Crippen LogP contribution in [0.1, 0.15) is 18.1 Å². The topological polar surface area (TPSA) is 88.8 Å². The number of halogens is 1. The van der Waals surface area contributed by atoms with Gasteiger partial charge in [-0.25, -0.2) is 4.79 Å². The van der Waals surface area contributed by atoms with Gasteiger partial charge in [-0.05, 0) is 32.4 Å². The Kier molecular flexibility index (Phi) is 4.91. The van der Waals surface area contributed by atoms with Gasteiger partial charge in [0.2, 0.25) is 5.91 Å². The first-order chi connectivity index (χ1) is 12.3. The number of aryl methyl sites for hydroxylation is 1. The molecule has 138 valence electrons. The smallest absolute Gasteiger partial charge is 0.339 e. The highest BCUT2D eigenvalue weighted by Gasteiger charge is 2.27. The number of ether oxygens (including phenoxy) is 1. The van der Waals surface area contributed by atoms with Crippen molar-refractivity contribution >= 4 is 34.4 Å². The average Bonchev–Trinajstić information content (AvgIpc) is 2.61. The summed E-state index contributed by atoms with van der Waals surface area (Å²) in [5.74, 6) is -0.265. The Morgan fingerprint density at radius 2 is 2.04 bits per heavy atom. The predicted molar refractivity (Wildman–Crippen MR) is 96.6 cm³/mol. The largest absolute Gasteiger partial charge is 0.479 e. The monoisotopic (exact) mass is 378 g/mol. The lowest BCUT2D eigenvalue weighted by Gasteiger charge is -2.29. The fraction of sp³-hybridized carbons (Fsp3) is 0.389. The summed E-state index contributed by atoms with van der Waals surface area (Å²) in [6.45, 7) is 5.94. The third-order valence-electron chi connectivity index (χ3n) is 4.51. The van der Waals surface area contributed by atoms with Crippen molar-refractivity contribution in [2.24, 2.45) is 0 Å². The molecule has 1 fully saturated rings. The molecule has 1 aliphatic heterocycles. The lowest BCUT2D eigenvalue weighted by atomic mass is 10.1. The summed E-state index contributed by atoms with van der Waals surface area (Å²) >= 11 is 6.29. The van der Waals surface area contributed by atoms with Gasteiger partial charge < -0.3 is 19.4 Å². The highest BCUT2D eigenvalue weighted by molar-refractivity contribution is 6.32. The summed E-state index contributed by atoms with van der Waals surface area (Å²) in [6.07, 6.45) is -0.839. The first-order valence-electron chi connectivity index (χ1n) is 8.23. The molecule has 2 heterocycles. The van der Waals surface area contributed by atoms with E-state index in [0.717, 1.165) is 5.56 Å². The lowest BCUT2D eigenvalue weighted by Crippen LogP contribution is -2.53. The van der Waals surface area contributed by atoms with E-state index in [2.05, 4.69) is 5.32 Å². The number of benzene rings is 1. The van der Waals surface area contributed by atoms with E-state index in [0.29, 0.717) is 34.6 Å². The summed E-state index contributed by atoms with van der Waals surface area (Å²) in [6, 6.07) is 3.17. The quantitative estimate of drug-likeness (QED) is 0.822. The second-order valence-corrected chi connectivity index (χ2v) is 6.70. The number of rotatable bonds is 3. The van der Waals surface area contributed by atoms with E-state index < -0.39 is 11.7 Å². The maximum absolute atomic E-state index is 12.5. The van der Waals surface area contributed by atoms with E-state index in [9.17, 15) is 14.4 Å². The number of amides is 2. The predicted octanol–water partition coefficient (Wildman–Crippen LogP) is 1.79. The van der Waals surface area contributed by atoms with E-state index in [-0.39, 0.29) is 24.1 Å². The van der Waals surface area contributed by atoms with Crippen molar-refractivity contribution in [1.82, 2.24) is 10.2 Å². The number of carbonyl (C=O) groups is 2. The van der Waals surface area contributed by atoms with Crippen LogP contribution in [-0.4, -0.2) is 42.5 Å². The van der Waals surface area contributed by atoms with Gasteiger partial charge in [0.25, 0.3) is 5.91 Å². The van der Waals surface area contributed by atoms with E-state index >= 15 is 0 Å². The zero-order valence-corrected chi connectivity index (χ0v) is 15.5. The molecule has 2 aromatic rings. The summed E-state index contributed by atoms with van der Waals surface area (Å²) in [5.41, 5.74) is 1.23. The van der Waals surface area contributed by atoms with Crippen LogP contribution in [0, 0.1) is 13.8 Å². The molecule has 1 aromatic heterocycles. The van der Waals surface area contributed by atoms with Crippen LogP contribution in [0.5, 0.6) is 5.75 Å². The normalized spacial score (nSPS) is 15.7. The number of nitrogens with one attached hydrogen (secondary N) is 1. The Hall–Kier alpha value is -2.54. The fourth-order valence-corrected chi connectivity index (χ4v) is 3.07. The standard InChI is InChI=1S/C18H19ClN2O5/c1-9-10(2)18(24)26-14-7-15(13(19)6-12(9)14)25-11(3)17(23)21-5-4-20-16(22)8-21/h6-7,11H,4-5,8H2,1-3H3,(H,20,22). The van der Waals surface area contributed by atoms with Crippen LogP contribution in [0.15, 0.2) is 21.3 Å². The van der Waals surface area contributed by atoms with Gasteiger partial charge in [-0.1, -0.05) is 11.6 Å². The summed E-state index contributed by atoms with van der Waals surface area (Å²) < 4.78 is 11.0. The van der Waals surface area contributed by atoms with Gasteiger partial charge in [0.15, 0.2) is 6.10 Å². The number of nitrogens with zero attached hydrogens (tertiary/aromatic N) is 1. The highest BCUT2D eigenvalue weighted by atomic mass is 35.5. The molecule has 0 spiro atoms. The first-order valence-corrected chi connectivity index (χ1v) is 8.61. The van der Waals surface area contributed by atoms with Crippen molar-refractivity contribution in [1.29, 1.82) is 0 Å². The summed E-state index contributed by atoms with van der Waals surface area (Å²) in [7, 11) is 0. The molecule has 7 nitrogen and oxygen atoms in total. The van der Waals surface area contributed by atoms with E-state index in [1.807, 2.05) is 6.92 Å². The molecule has 1 aromatic carbocycles. The molecule has 1 N–H and O–H groups in total. The Morgan fingerprint density at radius 3 is 2.73 bits per heavy atom. The number of hydrogen-bond donors (Lipinski definition) is 1. The molecule has 8 heteroatoms. The number of hydrogen-bond acceptors (Lipinski definition) is 5. The Morgan fingerprint density at radius 1 is 1.31 bits per heavy atom. The van der Waals surface area contributed by atoms with Crippen LogP contribution in [-0.2, 0) is 9.59 Å². The molecule has 1 atom stereocenters. The van der Waals surface area contributed by atoms with E-state index in [1.54, 1.807) is 19.9 Å². The minimum atomic E-state index is -0.839. The zero-order chi connectivity index (χ0) is 19.0. The zero-order valence-electron chi connectivity index (χ0n) is 14.7. The van der Waals surface area contributed by atoms with Crippen LogP contribution < -0.4 is 15.7 Å². The third kappa shape index (κ3) is 3.39. The summed E-state index contributed by atoms with van der Waals surface area (Å²) in [5, 5.41) is 3.69. The number of carbonyl (C=O) groups excluding carboxylic acids is 2. The minimum absolute atomic E-state index is 0.00529. The second-order valence-electron chi connectivity index (χ2n) is 6.29. The average molecular weight is 379 g/mol. The molecule has 1 aliphatic rings. The highest BCUT2D eigenvalue weighted by Crippen LogP contribution is 2.32. The van der Waals surface area contributed by atoms with Crippen molar-refractivity contribution in [3.8, 4) is 5.75 Å². The van der Waals surface area contributed by atoms with Gasteiger partial charge in [-0.3, -0.25) is 9.59 Å². The number of piperazine rings is 1. The lowest BCUT2D eigenvalue weighted by molar-refractivity contribution is -0.143. The second kappa shape index (κ2) is 6.99. The van der Waals surface area contributed by atoms with Crippen molar-refractivity contribution in [2.45, 2.75) is 26.9 Å². The van der Waals surface area contributed by atoms with Crippen molar-refractivity contribution in [2.75, 3.05) is 19.6 Å². The van der Waals surface area contributed by atoms with Crippen LogP contribution in [0.2, 0.25) is 5.02 Å². The molecule has 0 saturated carbocycles. The SMILES string of the molecule is Cc1c(C)c2cc(Cl)c(OC(C)C(=O)N3CCNC(=O)C3)cc2oc1=O. The summed E-state index contributed by atoms with van der Waals surface area (Å²) in [4.78, 5) is 37.2. The molecular weight excluding hydrogens is 360 g/mol. The van der Waals surface area contributed by atoms with E-state index in [4.69, 9.17) is 20.8 Å². The van der Waals surface area contributed by atoms with Crippen LogP contribution in [0.3, 0.4) is 0 Å². The van der Waals surface area contributed by atoms with Crippen molar-refractivity contribution in [3.05, 3.63) is 38.7 Å². The Bertz CT molecular complexity index is 953. The van der Waals surface area contributed by atoms with Crippen molar-refractivity contribution < 1.29 is 18.7 Å². The van der Waals surface area contributed by atoms with Gasteiger partial charge in [-0.15, -0.1) is 0 Å². The Labute approximate surface area is 154 Å². The van der Waals surface area contributed by atoms with E-state index in [1.165, 1.54) is 11.0 Å². The molecule has 3 rings (SSSR count). The van der Waals surface area contributed by atoms with Gasteiger partial charge in [0.1, 0.15) is 11.3 Å². The minimum Gasteiger partial charge on any atom is -0.479 e. The molecule has 2 amide bonds. The molecule has 0 radical (unpaired) electrons. The molecule has 1 unspecified atom stereocenters. The molecule has 26 heavy (non-hydrogen) atoms. The number of fused-ring (bicyclic) bond motifs is 1. The van der Waals surface area contributed by atoms with Crippen LogP contribution in [0.25, 0.3) is 11.0 Å². The van der Waals surface area contributed by atoms with Crippen LogP contribution in [0.4, 0.5) is 0 Å². The Balaban J connectivity index is 1.87. The van der Waals surface area contributed by atoms with Crippen molar-refractivity contribution in [3.63, 3.8) is 0 Å². The molecular formula is C18H19ClN2O5. The maximum Gasteiger partial charge on any atom is 0.339 e. The van der Waals surface area contributed by atoms with Gasteiger partial charge in [0.05, 0.1) is 11.6 Å². The fourth-order valence-electron chi connectivity index (χ4n) is 2.86. The van der Waals surface area contributed by atoms with Crippen LogP contribution >= 0.6 is 11.6 Å². The third-order valence-corrected chi connectivity index (χ3v) is 4.81. The van der Waals surface area contributed by atoms with Gasteiger partial charge >= 0.3 is 5.63 Å². The molecule has 0 aliphatic carbocycles.